The van der Waals surface area contributed by atoms with Crippen molar-refractivity contribution in [3.63, 3.8) is 0 Å². The second-order valence-corrected chi connectivity index (χ2v) is 6.32. The zero-order valence-corrected chi connectivity index (χ0v) is 17.1. The lowest BCUT2D eigenvalue weighted by atomic mass is 9.84. The molecule has 0 aromatic carbocycles. The van der Waals surface area contributed by atoms with E-state index in [1.165, 1.54) is 37.7 Å². The molecule has 1 aromatic heterocycles. The summed E-state index contributed by atoms with van der Waals surface area (Å²) in [5.41, 5.74) is 2.19. The van der Waals surface area contributed by atoms with Crippen LogP contribution in [0.3, 0.4) is 0 Å². The Kier molecular flexibility index (Phi) is 8.94. The van der Waals surface area contributed by atoms with E-state index >= 15 is 0 Å². The quantitative estimate of drug-likeness (QED) is 0.423. The third kappa shape index (κ3) is 5.97. The van der Waals surface area contributed by atoms with Crippen LogP contribution in [-0.4, -0.2) is 30.8 Å². The van der Waals surface area contributed by atoms with Gasteiger partial charge in [-0.3, -0.25) is 4.99 Å². The lowest BCUT2D eigenvalue weighted by molar-refractivity contribution is 0.304. The summed E-state index contributed by atoms with van der Waals surface area (Å²) in [6.45, 7) is 7.10. The Morgan fingerprint density at radius 1 is 1.26 bits per heavy atom. The molecule has 0 amide bonds. The van der Waals surface area contributed by atoms with Gasteiger partial charge in [-0.05, 0) is 51.9 Å². The first-order valence-electron chi connectivity index (χ1n) is 8.53. The highest BCUT2D eigenvalue weighted by molar-refractivity contribution is 14.0. The van der Waals surface area contributed by atoms with E-state index in [0.717, 1.165) is 36.3 Å². The van der Waals surface area contributed by atoms with Gasteiger partial charge in [0.2, 0.25) is 0 Å². The van der Waals surface area contributed by atoms with Crippen LogP contribution < -0.4 is 10.6 Å². The van der Waals surface area contributed by atoms with Gasteiger partial charge in [-0.2, -0.15) is 0 Å². The Bertz CT molecular complexity index is 473. The Labute approximate surface area is 157 Å². The van der Waals surface area contributed by atoms with E-state index in [4.69, 9.17) is 4.52 Å². The second kappa shape index (κ2) is 10.2. The monoisotopic (exact) mass is 434 g/mol. The van der Waals surface area contributed by atoms with E-state index in [2.05, 4.69) is 27.7 Å². The van der Waals surface area contributed by atoms with E-state index in [0.29, 0.717) is 6.04 Å². The molecular formula is C17H31IN4O. The molecule has 2 rings (SSSR count). The van der Waals surface area contributed by atoms with E-state index in [-0.39, 0.29) is 24.0 Å². The van der Waals surface area contributed by atoms with Gasteiger partial charge >= 0.3 is 0 Å². The summed E-state index contributed by atoms with van der Waals surface area (Å²) in [4.78, 5) is 4.34. The van der Waals surface area contributed by atoms with Crippen molar-refractivity contribution in [3.8, 4) is 0 Å². The number of aliphatic imine (C=N–C) groups is 1. The topological polar surface area (TPSA) is 62.5 Å². The minimum absolute atomic E-state index is 0. The fourth-order valence-electron chi connectivity index (χ4n) is 3.27. The normalized spacial score (nSPS) is 21.7. The van der Waals surface area contributed by atoms with Crippen molar-refractivity contribution in [2.45, 2.75) is 65.3 Å². The van der Waals surface area contributed by atoms with Gasteiger partial charge < -0.3 is 15.2 Å². The maximum absolute atomic E-state index is 5.20. The number of guanidine groups is 1. The van der Waals surface area contributed by atoms with Gasteiger partial charge in [0.1, 0.15) is 5.76 Å². The third-order valence-corrected chi connectivity index (χ3v) is 4.84. The van der Waals surface area contributed by atoms with Crippen LogP contribution in [0.1, 0.15) is 56.0 Å². The van der Waals surface area contributed by atoms with Crippen LogP contribution in [0.25, 0.3) is 0 Å². The molecule has 0 atom stereocenters. The molecule has 0 bridgehead atoms. The van der Waals surface area contributed by atoms with Crippen molar-refractivity contribution >= 4 is 29.9 Å². The van der Waals surface area contributed by atoms with Gasteiger partial charge in [0.05, 0.1) is 5.69 Å². The van der Waals surface area contributed by atoms with Crippen molar-refractivity contribution in [2.75, 3.05) is 13.6 Å². The molecule has 1 aromatic rings. The number of nitrogens with zero attached hydrogens (tertiary/aromatic N) is 2. The van der Waals surface area contributed by atoms with Crippen molar-refractivity contribution < 1.29 is 4.52 Å². The molecule has 0 saturated heterocycles. The number of hydrogen-bond acceptors (Lipinski definition) is 3. The fourth-order valence-corrected chi connectivity index (χ4v) is 3.27. The van der Waals surface area contributed by atoms with Crippen molar-refractivity contribution in [1.29, 1.82) is 0 Å². The smallest absolute Gasteiger partial charge is 0.191 e. The highest BCUT2D eigenvalue weighted by Crippen LogP contribution is 2.26. The van der Waals surface area contributed by atoms with Crippen LogP contribution in [0.15, 0.2) is 9.52 Å². The van der Waals surface area contributed by atoms with Crippen LogP contribution in [-0.2, 0) is 6.42 Å². The average Bonchev–Trinajstić information content (AvgIpc) is 2.86. The number of halogens is 1. The summed E-state index contributed by atoms with van der Waals surface area (Å²) in [6, 6.07) is 0.563. The minimum Gasteiger partial charge on any atom is -0.361 e. The van der Waals surface area contributed by atoms with Gasteiger partial charge in [-0.25, -0.2) is 0 Å². The number of rotatable bonds is 5. The SMILES string of the molecule is CCC1CCC(NC(=NC)NCCc2c(C)noc2C)CC1.I. The highest BCUT2D eigenvalue weighted by atomic mass is 127. The maximum Gasteiger partial charge on any atom is 0.191 e. The first-order valence-corrected chi connectivity index (χ1v) is 8.53. The molecule has 0 aliphatic heterocycles. The van der Waals surface area contributed by atoms with Gasteiger partial charge in [-0.15, -0.1) is 24.0 Å². The summed E-state index contributed by atoms with van der Waals surface area (Å²) < 4.78 is 5.20. The van der Waals surface area contributed by atoms with Crippen molar-refractivity contribution in [1.82, 2.24) is 15.8 Å². The third-order valence-electron chi connectivity index (χ3n) is 4.84. The standard InChI is InChI=1S/C17H30N4O.HI/c1-5-14-6-8-15(9-7-14)20-17(18-4)19-11-10-16-12(2)21-22-13(16)3;/h14-15H,5-11H2,1-4H3,(H2,18,19,20);1H. The van der Waals surface area contributed by atoms with E-state index in [1.54, 1.807) is 0 Å². The summed E-state index contributed by atoms with van der Waals surface area (Å²) in [7, 11) is 1.84. The molecule has 1 saturated carbocycles. The Hall–Kier alpha value is -0.790. The van der Waals surface area contributed by atoms with Crippen LogP contribution in [0.5, 0.6) is 0 Å². The van der Waals surface area contributed by atoms with Gasteiger partial charge in [-0.1, -0.05) is 18.5 Å². The molecule has 1 heterocycles. The fraction of sp³-hybridized carbons (Fsp3) is 0.765. The summed E-state index contributed by atoms with van der Waals surface area (Å²) in [6.07, 6.45) is 7.40. The molecule has 2 N–H and O–H groups in total. The van der Waals surface area contributed by atoms with E-state index < -0.39 is 0 Å². The largest absolute Gasteiger partial charge is 0.361 e. The van der Waals surface area contributed by atoms with Gasteiger partial charge in [0.25, 0.3) is 0 Å². The predicted molar refractivity (Wildman–Crippen MR) is 106 cm³/mol. The first kappa shape index (κ1) is 20.3. The van der Waals surface area contributed by atoms with Crippen LogP contribution in [0.4, 0.5) is 0 Å². The molecule has 1 aliphatic carbocycles. The first-order chi connectivity index (χ1) is 10.6. The highest BCUT2D eigenvalue weighted by Gasteiger charge is 2.20. The molecule has 1 aliphatic rings. The Morgan fingerprint density at radius 3 is 2.48 bits per heavy atom. The summed E-state index contributed by atoms with van der Waals surface area (Å²) in [5.74, 6) is 2.75. The predicted octanol–water partition coefficient (Wildman–Crippen LogP) is 3.59. The minimum atomic E-state index is 0. The van der Waals surface area contributed by atoms with E-state index in [1.807, 2.05) is 20.9 Å². The zero-order chi connectivity index (χ0) is 15.9. The van der Waals surface area contributed by atoms with Crippen molar-refractivity contribution in [3.05, 3.63) is 17.0 Å². The zero-order valence-electron chi connectivity index (χ0n) is 14.8. The molecule has 0 spiro atoms. The van der Waals surface area contributed by atoms with Crippen molar-refractivity contribution in [2.24, 2.45) is 10.9 Å². The molecule has 0 radical (unpaired) electrons. The summed E-state index contributed by atoms with van der Waals surface area (Å²) in [5, 5.41) is 11.0. The van der Waals surface area contributed by atoms with E-state index in [9.17, 15) is 0 Å². The number of nitrogens with one attached hydrogen (secondary N) is 2. The van der Waals surface area contributed by atoms with Crippen LogP contribution in [0.2, 0.25) is 0 Å². The summed E-state index contributed by atoms with van der Waals surface area (Å²) >= 11 is 0. The Balaban J connectivity index is 0.00000264. The lowest BCUT2D eigenvalue weighted by Crippen LogP contribution is -2.45. The maximum atomic E-state index is 5.20. The molecular weight excluding hydrogens is 403 g/mol. The molecule has 1 fully saturated rings. The number of aryl methyl sites for hydroxylation is 2. The molecule has 0 unspecified atom stereocenters. The average molecular weight is 434 g/mol. The lowest BCUT2D eigenvalue weighted by Gasteiger charge is -2.29. The molecule has 132 valence electrons. The number of aromatic nitrogens is 1. The van der Waals surface area contributed by atoms with Gasteiger partial charge in [0, 0.05) is 25.2 Å². The molecule has 5 nitrogen and oxygen atoms in total. The Morgan fingerprint density at radius 2 is 1.96 bits per heavy atom. The number of hydrogen-bond donors (Lipinski definition) is 2. The molecule has 23 heavy (non-hydrogen) atoms. The van der Waals surface area contributed by atoms with Crippen LogP contribution >= 0.6 is 24.0 Å². The molecule has 6 heteroatoms. The van der Waals surface area contributed by atoms with Crippen LogP contribution in [0, 0.1) is 19.8 Å². The second-order valence-electron chi connectivity index (χ2n) is 6.32. The van der Waals surface area contributed by atoms with Gasteiger partial charge in [0.15, 0.2) is 5.96 Å².